The highest BCUT2D eigenvalue weighted by Crippen LogP contribution is 2.35. The Labute approximate surface area is 157 Å². The molecule has 2 aromatic carbocycles. The number of nitrogens with one attached hydrogen (secondary N) is 1. The van der Waals surface area contributed by atoms with Gasteiger partial charge in [-0.25, -0.2) is 18.7 Å². The molecule has 6 nitrogen and oxygen atoms in total. The molecule has 28 heavy (non-hydrogen) atoms. The third-order valence-electron chi connectivity index (χ3n) is 4.49. The number of nitrogens with two attached hydrogens (primary N) is 1. The summed E-state index contributed by atoms with van der Waals surface area (Å²) < 4.78 is 48.0. The molecule has 0 saturated carbocycles. The van der Waals surface area contributed by atoms with Gasteiger partial charge in [0.25, 0.3) is 0 Å². The van der Waals surface area contributed by atoms with Crippen molar-refractivity contribution < 1.29 is 17.9 Å². The maximum atomic E-state index is 14.8. The molecule has 142 valence electrons. The van der Waals surface area contributed by atoms with Gasteiger partial charge >= 0.3 is 0 Å². The summed E-state index contributed by atoms with van der Waals surface area (Å²) in [5, 5.41) is 7.06. The smallest absolute Gasteiger partial charge is 0.201 e. The zero-order chi connectivity index (χ0) is 20.0. The molecule has 2 heterocycles. The van der Waals surface area contributed by atoms with Crippen LogP contribution in [-0.4, -0.2) is 20.2 Å². The monoisotopic (exact) mass is 385 g/mol. The van der Waals surface area contributed by atoms with E-state index >= 15 is 0 Å². The van der Waals surface area contributed by atoms with Crippen LogP contribution in [0.25, 0.3) is 22.3 Å². The van der Waals surface area contributed by atoms with Crippen molar-refractivity contribution in [1.29, 1.82) is 0 Å². The Morgan fingerprint density at radius 3 is 2.57 bits per heavy atom. The standard InChI is InChI=1S/C19H14F3N5O/c1-8-5-13(21)15(22)17(9(8)2)28-10-3-4-11(12(20)6-10)16-14-18(23)24-7-25-19(14)27-26-16/h3-7H,1-2H3,(H3,23,24,25,26,27). The van der Waals surface area contributed by atoms with Gasteiger partial charge in [0.1, 0.15) is 23.7 Å². The highest BCUT2D eigenvalue weighted by atomic mass is 19.2. The van der Waals surface area contributed by atoms with Gasteiger partial charge in [0, 0.05) is 11.6 Å². The molecule has 0 aliphatic carbocycles. The lowest BCUT2D eigenvalue weighted by molar-refractivity contribution is 0.410. The first kappa shape index (κ1) is 17.8. The maximum absolute atomic E-state index is 14.8. The second-order valence-electron chi connectivity index (χ2n) is 6.24. The number of hydrogen-bond donors (Lipinski definition) is 2. The van der Waals surface area contributed by atoms with Crippen molar-refractivity contribution in [3.63, 3.8) is 0 Å². The lowest BCUT2D eigenvalue weighted by Crippen LogP contribution is -1.98. The molecule has 0 unspecified atom stereocenters. The second-order valence-corrected chi connectivity index (χ2v) is 6.24. The molecule has 0 aliphatic heterocycles. The molecule has 0 bridgehead atoms. The third-order valence-corrected chi connectivity index (χ3v) is 4.49. The van der Waals surface area contributed by atoms with Crippen LogP contribution in [0.1, 0.15) is 11.1 Å². The Morgan fingerprint density at radius 2 is 1.82 bits per heavy atom. The van der Waals surface area contributed by atoms with Crippen LogP contribution in [0.3, 0.4) is 0 Å². The second kappa shape index (κ2) is 6.52. The van der Waals surface area contributed by atoms with Crippen LogP contribution in [0.5, 0.6) is 11.5 Å². The summed E-state index contributed by atoms with van der Waals surface area (Å²) in [6.45, 7) is 3.22. The van der Waals surface area contributed by atoms with Gasteiger partial charge in [0.05, 0.1) is 11.1 Å². The summed E-state index contributed by atoms with van der Waals surface area (Å²) in [6, 6.07) is 5.01. The fourth-order valence-corrected chi connectivity index (χ4v) is 2.89. The first-order valence-electron chi connectivity index (χ1n) is 8.24. The van der Waals surface area contributed by atoms with Crippen molar-refractivity contribution in [1.82, 2.24) is 20.2 Å². The topological polar surface area (TPSA) is 89.7 Å². The Balaban J connectivity index is 1.75. The molecule has 0 fully saturated rings. The summed E-state index contributed by atoms with van der Waals surface area (Å²) in [5.41, 5.74) is 7.55. The summed E-state index contributed by atoms with van der Waals surface area (Å²) in [5.74, 6) is -2.94. The SMILES string of the molecule is Cc1cc(F)c(F)c(Oc2ccc(-c3[nH]nc4ncnc(N)c34)c(F)c2)c1C. The number of anilines is 1. The minimum Gasteiger partial charge on any atom is -0.454 e. The lowest BCUT2D eigenvalue weighted by atomic mass is 10.1. The number of H-pyrrole nitrogens is 1. The van der Waals surface area contributed by atoms with Gasteiger partial charge in [-0.1, -0.05) is 0 Å². The fourth-order valence-electron chi connectivity index (χ4n) is 2.89. The number of aromatic amines is 1. The van der Waals surface area contributed by atoms with Crippen LogP contribution in [0, 0.1) is 31.3 Å². The number of halogens is 3. The average Bonchev–Trinajstić information content (AvgIpc) is 3.09. The summed E-state index contributed by atoms with van der Waals surface area (Å²) in [4.78, 5) is 7.86. The van der Waals surface area contributed by atoms with E-state index in [1.807, 2.05) is 0 Å². The third kappa shape index (κ3) is 2.81. The van der Waals surface area contributed by atoms with Crippen molar-refractivity contribution in [2.45, 2.75) is 13.8 Å². The Hall–Kier alpha value is -3.62. The molecular weight excluding hydrogens is 371 g/mol. The first-order valence-corrected chi connectivity index (χ1v) is 8.24. The molecule has 0 saturated heterocycles. The summed E-state index contributed by atoms with van der Waals surface area (Å²) in [7, 11) is 0. The molecule has 0 radical (unpaired) electrons. The van der Waals surface area contributed by atoms with E-state index in [0.29, 0.717) is 27.9 Å². The van der Waals surface area contributed by atoms with Crippen LogP contribution in [0.15, 0.2) is 30.6 Å². The number of aromatic nitrogens is 4. The Kier molecular flexibility index (Phi) is 4.14. The number of benzene rings is 2. The van der Waals surface area contributed by atoms with Crippen molar-refractivity contribution >= 4 is 16.9 Å². The van der Waals surface area contributed by atoms with E-state index in [1.165, 1.54) is 18.5 Å². The van der Waals surface area contributed by atoms with E-state index in [1.54, 1.807) is 13.8 Å². The van der Waals surface area contributed by atoms with Gasteiger partial charge in [0.15, 0.2) is 17.2 Å². The van der Waals surface area contributed by atoms with E-state index in [9.17, 15) is 13.2 Å². The van der Waals surface area contributed by atoms with Gasteiger partial charge in [-0.15, -0.1) is 0 Å². The zero-order valence-corrected chi connectivity index (χ0v) is 14.8. The molecule has 3 N–H and O–H groups in total. The van der Waals surface area contributed by atoms with Crippen molar-refractivity contribution in [3.8, 4) is 22.8 Å². The van der Waals surface area contributed by atoms with Crippen LogP contribution in [0.4, 0.5) is 19.0 Å². The van der Waals surface area contributed by atoms with Crippen LogP contribution >= 0.6 is 0 Å². The summed E-state index contributed by atoms with van der Waals surface area (Å²) in [6.07, 6.45) is 1.26. The van der Waals surface area contributed by atoms with E-state index < -0.39 is 17.5 Å². The maximum Gasteiger partial charge on any atom is 0.201 e. The van der Waals surface area contributed by atoms with E-state index in [4.69, 9.17) is 10.5 Å². The predicted molar refractivity (Wildman–Crippen MR) is 97.4 cm³/mol. The van der Waals surface area contributed by atoms with Gasteiger partial charge in [-0.05, 0) is 43.2 Å². The molecule has 0 atom stereocenters. The number of rotatable bonds is 3. The minimum absolute atomic E-state index is 0.0151. The van der Waals surface area contributed by atoms with E-state index in [0.717, 1.165) is 12.1 Å². The molecule has 0 amide bonds. The molecular formula is C19H14F3N5O. The van der Waals surface area contributed by atoms with Gasteiger partial charge < -0.3 is 10.5 Å². The number of ether oxygens (including phenoxy) is 1. The Morgan fingerprint density at radius 1 is 1.04 bits per heavy atom. The number of aryl methyl sites for hydroxylation is 1. The summed E-state index contributed by atoms with van der Waals surface area (Å²) >= 11 is 0. The minimum atomic E-state index is -1.13. The predicted octanol–water partition coefficient (Wildman–Crippen LogP) is 4.43. The average molecular weight is 385 g/mol. The zero-order valence-electron chi connectivity index (χ0n) is 14.8. The number of nitrogen functional groups attached to an aromatic ring is 1. The van der Waals surface area contributed by atoms with Crippen molar-refractivity contribution in [2.24, 2.45) is 0 Å². The number of fused-ring (bicyclic) bond motifs is 1. The number of hydrogen-bond acceptors (Lipinski definition) is 5. The largest absolute Gasteiger partial charge is 0.454 e. The highest BCUT2D eigenvalue weighted by molar-refractivity contribution is 5.97. The number of nitrogens with zero attached hydrogens (tertiary/aromatic N) is 3. The molecule has 9 heteroatoms. The fraction of sp³-hybridized carbons (Fsp3) is 0.105. The molecule has 2 aromatic heterocycles. The Bertz CT molecular complexity index is 1200. The van der Waals surface area contributed by atoms with Crippen molar-refractivity contribution in [2.75, 3.05) is 5.73 Å². The van der Waals surface area contributed by atoms with E-state index in [2.05, 4.69) is 20.2 Å². The molecule has 4 aromatic rings. The van der Waals surface area contributed by atoms with Gasteiger partial charge in [-0.2, -0.15) is 9.49 Å². The molecule has 0 aliphatic rings. The van der Waals surface area contributed by atoms with Gasteiger partial charge in [-0.3, -0.25) is 5.10 Å². The van der Waals surface area contributed by atoms with Crippen LogP contribution in [-0.2, 0) is 0 Å². The quantitative estimate of drug-likeness (QED) is 0.545. The first-order chi connectivity index (χ1) is 13.4. The van der Waals surface area contributed by atoms with Crippen LogP contribution < -0.4 is 10.5 Å². The lowest BCUT2D eigenvalue weighted by Gasteiger charge is -2.13. The van der Waals surface area contributed by atoms with E-state index in [-0.39, 0.29) is 22.9 Å². The van der Waals surface area contributed by atoms with Crippen LogP contribution in [0.2, 0.25) is 0 Å². The van der Waals surface area contributed by atoms with Crippen molar-refractivity contribution in [3.05, 3.63) is 59.2 Å². The highest BCUT2D eigenvalue weighted by Gasteiger charge is 2.19. The molecule has 0 spiro atoms. The normalized spacial score (nSPS) is 11.2. The molecule has 4 rings (SSSR count). The van der Waals surface area contributed by atoms with Gasteiger partial charge in [0.2, 0.25) is 5.82 Å².